The molecular weight excluding hydrogens is 325 g/mol. The summed E-state index contributed by atoms with van der Waals surface area (Å²) >= 11 is 2.16. The fourth-order valence-corrected chi connectivity index (χ4v) is 2.31. The van der Waals surface area contributed by atoms with Crippen LogP contribution in [0.15, 0.2) is 36.4 Å². The average Bonchev–Trinajstić information content (AvgIpc) is 2.33. The molecule has 17 heavy (non-hydrogen) atoms. The molecular formula is C13H14IN3. The van der Waals surface area contributed by atoms with Gasteiger partial charge in [-0.05, 0) is 46.6 Å². The van der Waals surface area contributed by atoms with Crippen molar-refractivity contribution in [2.45, 2.75) is 19.3 Å². The van der Waals surface area contributed by atoms with Gasteiger partial charge in [0.1, 0.15) is 9.52 Å². The van der Waals surface area contributed by atoms with Gasteiger partial charge in [-0.2, -0.15) is 0 Å². The standard InChI is InChI=1S/C13H14IN3/c1-9(7-10-5-3-2-4-6-10)11-8-12(14)16-17-13(11)15/h2-6,8-9H,7H2,1H3,(H2,15,17). The molecule has 3 nitrogen and oxygen atoms in total. The fourth-order valence-electron chi connectivity index (χ4n) is 1.86. The zero-order valence-electron chi connectivity index (χ0n) is 9.60. The fraction of sp³-hybridized carbons (Fsp3) is 0.231. The number of hydrogen-bond acceptors (Lipinski definition) is 3. The Morgan fingerprint density at radius 1 is 1.24 bits per heavy atom. The summed E-state index contributed by atoms with van der Waals surface area (Å²) in [4.78, 5) is 0. The van der Waals surface area contributed by atoms with Crippen molar-refractivity contribution >= 4 is 28.4 Å². The Hall–Kier alpha value is -1.17. The maximum Gasteiger partial charge on any atom is 0.149 e. The van der Waals surface area contributed by atoms with Gasteiger partial charge in [-0.3, -0.25) is 0 Å². The monoisotopic (exact) mass is 339 g/mol. The van der Waals surface area contributed by atoms with E-state index in [4.69, 9.17) is 5.73 Å². The van der Waals surface area contributed by atoms with Crippen molar-refractivity contribution in [1.82, 2.24) is 10.2 Å². The van der Waals surface area contributed by atoms with Gasteiger partial charge in [0.15, 0.2) is 0 Å². The first-order chi connectivity index (χ1) is 8.16. The molecule has 1 unspecified atom stereocenters. The maximum atomic E-state index is 5.87. The van der Waals surface area contributed by atoms with E-state index in [1.165, 1.54) is 5.56 Å². The van der Waals surface area contributed by atoms with E-state index in [1.807, 2.05) is 12.1 Å². The molecule has 2 N–H and O–H groups in total. The van der Waals surface area contributed by atoms with Crippen molar-refractivity contribution in [3.63, 3.8) is 0 Å². The molecule has 0 fully saturated rings. The van der Waals surface area contributed by atoms with E-state index >= 15 is 0 Å². The molecule has 0 saturated heterocycles. The summed E-state index contributed by atoms with van der Waals surface area (Å²) in [5, 5.41) is 7.90. The Morgan fingerprint density at radius 2 is 1.94 bits per heavy atom. The highest BCUT2D eigenvalue weighted by Crippen LogP contribution is 2.24. The molecule has 0 bridgehead atoms. The number of nitrogens with zero attached hydrogens (tertiary/aromatic N) is 2. The average molecular weight is 339 g/mol. The third kappa shape index (κ3) is 3.15. The highest BCUT2D eigenvalue weighted by molar-refractivity contribution is 14.1. The third-order valence-electron chi connectivity index (χ3n) is 2.74. The normalized spacial score (nSPS) is 12.4. The van der Waals surface area contributed by atoms with Crippen LogP contribution in [0.5, 0.6) is 0 Å². The first-order valence-electron chi connectivity index (χ1n) is 5.49. The molecule has 1 heterocycles. The molecule has 1 aromatic heterocycles. The number of rotatable bonds is 3. The minimum Gasteiger partial charge on any atom is -0.382 e. The Bertz CT molecular complexity index is 499. The van der Waals surface area contributed by atoms with Crippen molar-refractivity contribution < 1.29 is 0 Å². The van der Waals surface area contributed by atoms with Crippen LogP contribution in [0.4, 0.5) is 5.82 Å². The van der Waals surface area contributed by atoms with Crippen LogP contribution >= 0.6 is 22.6 Å². The Kier molecular flexibility index (Phi) is 3.93. The van der Waals surface area contributed by atoms with Gasteiger partial charge >= 0.3 is 0 Å². The predicted octanol–water partition coefficient (Wildman–Crippen LogP) is 3.01. The first-order valence-corrected chi connectivity index (χ1v) is 6.57. The van der Waals surface area contributed by atoms with E-state index in [0.29, 0.717) is 11.7 Å². The third-order valence-corrected chi connectivity index (χ3v) is 3.27. The molecule has 0 aliphatic heterocycles. The van der Waals surface area contributed by atoms with Crippen LogP contribution in [0, 0.1) is 3.70 Å². The quantitative estimate of drug-likeness (QED) is 0.875. The number of benzene rings is 1. The van der Waals surface area contributed by atoms with Crippen LogP contribution in [0.2, 0.25) is 0 Å². The summed E-state index contributed by atoms with van der Waals surface area (Å²) < 4.78 is 0.881. The van der Waals surface area contributed by atoms with Crippen LogP contribution in [0.3, 0.4) is 0 Å². The Morgan fingerprint density at radius 3 is 2.65 bits per heavy atom. The molecule has 0 spiro atoms. The lowest BCUT2D eigenvalue weighted by atomic mass is 9.94. The number of aromatic nitrogens is 2. The van der Waals surface area contributed by atoms with Crippen LogP contribution < -0.4 is 5.73 Å². The van der Waals surface area contributed by atoms with Crippen LogP contribution in [0.1, 0.15) is 24.0 Å². The lowest BCUT2D eigenvalue weighted by Crippen LogP contribution is -2.06. The molecule has 2 rings (SSSR count). The Balaban J connectivity index is 2.20. The summed E-state index contributed by atoms with van der Waals surface area (Å²) in [5.41, 5.74) is 8.26. The van der Waals surface area contributed by atoms with Crippen molar-refractivity contribution in [2.24, 2.45) is 0 Å². The number of nitrogens with two attached hydrogens (primary N) is 1. The van der Waals surface area contributed by atoms with Crippen LogP contribution in [-0.2, 0) is 6.42 Å². The van der Waals surface area contributed by atoms with E-state index < -0.39 is 0 Å². The highest BCUT2D eigenvalue weighted by Gasteiger charge is 2.12. The number of nitrogen functional groups attached to an aromatic ring is 1. The highest BCUT2D eigenvalue weighted by atomic mass is 127. The van der Waals surface area contributed by atoms with Gasteiger partial charge in [0, 0.05) is 5.56 Å². The van der Waals surface area contributed by atoms with Gasteiger partial charge in [0.25, 0.3) is 0 Å². The zero-order chi connectivity index (χ0) is 12.3. The topological polar surface area (TPSA) is 51.8 Å². The van der Waals surface area contributed by atoms with Crippen molar-refractivity contribution in [3.8, 4) is 0 Å². The van der Waals surface area contributed by atoms with Gasteiger partial charge in [-0.25, -0.2) is 0 Å². The molecule has 0 radical (unpaired) electrons. The van der Waals surface area contributed by atoms with E-state index in [2.05, 4.69) is 64.0 Å². The number of anilines is 1. The summed E-state index contributed by atoms with van der Waals surface area (Å²) in [6.07, 6.45) is 0.965. The van der Waals surface area contributed by atoms with Gasteiger partial charge in [-0.15, -0.1) is 10.2 Å². The van der Waals surface area contributed by atoms with E-state index in [0.717, 1.165) is 15.7 Å². The van der Waals surface area contributed by atoms with E-state index in [9.17, 15) is 0 Å². The summed E-state index contributed by atoms with van der Waals surface area (Å²) in [6.45, 7) is 2.16. The van der Waals surface area contributed by atoms with Crippen LogP contribution in [-0.4, -0.2) is 10.2 Å². The number of hydrogen-bond donors (Lipinski definition) is 1. The van der Waals surface area contributed by atoms with Gasteiger partial charge < -0.3 is 5.73 Å². The van der Waals surface area contributed by atoms with Gasteiger partial charge in [0.05, 0.1) is 0 Å². The Labute approximate surface area is 115 Å². The molecule has 0 amide bonds. The molecule has 4 heteroatoms. The lowest BCUT2D eigenvalue weighted by Gasteiger charge is -2.13. The zero-order valence-corrected chi connectivity index (χ0v) is 11.8. The van der Waals surface area contributed by atoms with E-state index in [-0.39, 0.29) is 0 Å². The van der Waals surface area contributed by atoms with Gasteiger partial charge in [0.2, 0.25) is 0 Å². The minimum absolute atomic E-state index is 0.349. The minimum atomic E-state index is 0.349. The molecule has 0 aliphatic carbocycles. The molecule has 0 aliphatic rings. The second-order valence-corrected chi connectivity index (χ2v) is 5.20. The summed E-state index contributed by atoms with van der Waals surface area (Å²) in [6, 6.07) is 12.4. The molecule has 1 atom stereocenters. The molecule has 2 aromatic rings. The predicted molar refractivity (Wildman–Crippen MR) is 77.7 cm³/mol. The lowest BCUT2D eigenvalue weighted by molar-refractivity contribution is 0.750. The van der Waals surface area contributed by atoms with Crippen molar-refractivity contribution in [3.05, 3.63) is 51.2 Å². The molecule has 88 valence electrons. The maximum absolute atomic E-state index is 5.87. The summed E-state index contributed by atoms with van der Waals surface area (Å²) in [7, 11) is 0. The van der Waals surface area contributed by atoms with Gasteiger partial charge in [-0.1, -0.05) is 37.3 Å². The first kappa shape index (κ1) is 12.3. The second kappa shape index (κ2) is 5.44. The molecule has 1 aromatic carbocycles. The SMILES string of the molecule is CC(Cc1ccccc1)c1cc(I)nnc1N. The smallest absolute Gasteiger partial charge is 0.149 e. The van der Waals surface area contributed by atoms with Crippen molar-refractivity contribution in [2.75, 3.05) is 5.73 Å². The van der Waals surface area contributed by atoms with Crippen molar-refractivity contribution in [1.29, 1.82) is 0 Å². The second-order valence-electron chi connectivity index (χ2n) is 4.10. The number of halogens is 1. The van der Waals surface area contributed by atoms with E-state index in [1.54, 1.807) is 0 Å². The summed E-state index contributed by atoms with van der Waals surface area (Å²) in [5.74, 6) is 0.885. The van der Waals surface area contributed by atoms with Crippen LogP contribution in [0.25, 0.3) is 0 Å². The molecule has 0 saturated carbocycles. The largest absolute Gasteiger partial charge is 0.382 e.